The highest BCUT2D eigenvalue weighted by Gasteiger charge is 2.22. The Bertz CT molecular complexity index is 1410. The van der Waals surface area contributed by atoms with Crippen LogP contribution in [0.4, 0.5) is 11.4 Å². The molecule has 0 heterocycles. The van der Waals surface area contributed by atoms with Crippen molar-refractivity contribution in [3.8, 4) is 5.75 Å². The molecule has 0 radical (unpaired) electrons. The molecule has 0 bridgehead atoms. The molecule has 0 saturated carbocycles. The maximum atomic E-state index is 13.4. The number of unbranched alkanes of at least 4 members (excludes halogenated alkanes) is 1. The van der Waals surface area contributed by atoms with Gasteiger partial charge in [-0.3, -0.25) is 9.52 Å². The van der Waals surface area contributed by atoms with Crippen molar-refractivity contribution >= 4 is 39.1 Å². The first kappa shape index (κ1) is 27.3. The molecular formula is C30H30N2O4S2. The van der Waals surface area contributed by atoms with Gasteiger partial charge in [0, 0.05) is 16.3 Å². The minimum atomic E-state index is -3.68. The van der Waals surface area contributed by atoms with Crippen LogP contribution in [0.1, 0.15) is 30.6 Å². The van der Waals surface area contributed by atoms with Crippen molar-refractivity contribution in [2.24, 2.45) is 0 Å². The molecule has 2 N–H and O–H groups in total. The second kappa shape index (κ2) is 13.2. The number of amides is 1. The Hall–Kier alpha value is -3.75. The fraction of sp³-hybridized carbons (Fsp3) is 0.167. The zero-order chi connectivity index (χ0) is 26.8. The Kier molecular flexibility index (Phi) is 9.46. The van der Waals surface area contributed by atoms with Gasteiger partial charge in [0.2, 0.25) is 5.91 Å². The predicted molar refractivity (Wildman–Crippen MR) is 154 cm³/mol. The van der Waals surface area contributed by atoms with Gasteiger partial charge in [-0.1, -0.05) is 61.9 Å². The number of anilines is 2. The number of carbonyl (C=O) groups is 1. The minimum absolute atomic E-state index is 0.158. The highest BCUT2D eigenvalue weighted by atomic mass is 32.2. The molecule has 0 spiro atoms. The third-order valence-electron chi connectivity index (χ3n) is 5.64. The van der Waals surface area contributed by atoms with E-state index in [1.807, 2.05) is 54.6 Å². The molecule has 6 nitrogen and oxygen atoms in total. The lowest BCUT2D eigenvalue weighted by Crippen LogP contribution is -2.19. The first-order valence-corrected chi connectivity index (χ1v) is 14.7. The standard InChI is InChI=1S/C30H30N2O4S2/c1-2-3-22-36-26-18-14-24(15-19-26)31-30(33)29(23-10-6-4-7-11-23)37-27-20-16-25(17-21-27)32-38(34,35)28-12-8-5-9-13-28/h4-21,29,32H,2-3,22H2,1H3,(H,31,33). The van der Waals surface area contributed by atoms with Crippen molar-refractivity contribution in [1.82, 2.24) is 0 Å². The molecule has 1 amide bonds. The van der Waals surface area contributed by atoms with Gasteiger partial charge in [-0.05, 0) is 72.6 Å². The summed E-state index contributed by atoms with van der Waals surface area (Å²) in [6.07, 6.45) is 2.06. The number of thioether (sulfide) groups is 1. The summed E-state index contributed by atoms with van der Waals surface area (Å²) < 4.78 is 33.5. The van der Waals surface area contributed by atoms with E-state index in [4.69, 9.17) is 4.74 Å². The zero-order valence-corrected chi connectivity index (χ0v) is 22.7. The Morgan fingerprint density at radius 1 is 0.816 bits per heavy atom. The molecule has 38 heavy (non-hydrogen) atoms. The van der Waals surface area contributed by atoms with E-state index in [1.165, 1.54) is 11.8 Å². The van der Waals surface area contributed by atoms with Crippen LogP contribution in [0.15, 0.2) is 119 Å². The third-order valence-corrected chi connectivity index (χ3v) is 8.31. The second-order valence-electron chi connectivity index (χ2n) is 8.57. The van der Waals surface area contributed by atoms with Gasteiger partial charge >= 0.3 is 0 Å². The lowest BCUT2D eigenvalue weighted by atomic mass is 10.1. The smallest absolute Gasteiger partial charge is 0.261 e. The second-order valence-corrected chi connectivity index (χ2v) is 11.4. The van der Waals surface area contributed by atoms with Crippen LogP contribution in [0.2, 0.25) is 0 Å². The molecule has 0 aliphatic carbocycles. The van der Waals surface area contributed by atoms with Crippen molar-refractivity contribution < 1.29 is 17.9 Å². The highest BCUT2D eigenvalue weighted by Crippen LogP contribution is 2.37. The van der Waals surface area contributed by atoms with Gasteiger partial charge in [0.25, 0.3) is 10.0 Å². The Morgan fingerprint density at radius 2 is 1.42 bits per heavy atom. The molecule has 0 aliphatic heterocycles. The highest BCUT2D eigenvalue weighted by molar-refractivity contribution is 8.00. The van der Waals surface area contributed by atoms with Crippen LogP contribution >= 0.6 is 11.8 Å². The zero-order valence-electron chi connectivity index (χ0n) is 21.0. The molecular weight excluding hydrogens is 516 g/mol. The summed E-state index contributed by atoms with van der Waals surface area (Å²) in [4.78, 5) is 14.4. The molecule has 0 fully saturated rings. The largest absolute Gasteiger partial charge is 0.494 e. The number of sulfonamides is 1. The van der Waals surface area contributed by atoms with E-state index >= 15 is 0 Å². The molecule has 0 saturated heterocycles. The van der Waals surface area contributed by atoms with E-state index in [0.717, 1.165) is 29.1 Å². The molecule has 0 aromatic heterocycles. The summed E-state index contributed by atoms with van der Waals surface area (Å²) in [7, 11) is -3.68. The molecule has 1 atom stereocenters. The molecule has 4 aromatic carbocycles. The molecule has 8 heteroatoms. The predicted octanol–water partition coefficient (Wildman–Crippen LogP) is 7.14. The molecule has 4 rings (SSSR count). The van der Waals surface area contributed by atoms with E-state index in [2.05, 4.69) is 17.0 Å². The van der Waals surface area contributed by atoms with E-state index in [-0.39, 0.29) is 10.8 Å². The van der Waals surface area contributed by atoms with Gasteiger partial charge in [-0.2, -0.15) is 0 Å². The van der Waals surface area contributed by atoms with Crippen LogP contribution in [0.3, 0.4) is 0 Å². The van der Waals surface area contributed by atoms with E-state index < -0.39 is 15.3 Å². The number of nitrogens with one attached hydrogen (secondary N) is 2. The van der Waals surface area contributed by atoms with Gasteiger partial charge in [0.05, 0.1) is 11.5 Å². The van der Waals surface area contributed by atoms with Crippen molar-refractivity contribution in [3.05, 3.63) is 115 Å². The van der Waals surface area contributed by atoms with Gasteiger partial charge in [-0.15, -0.1) is 11.8 Å². The molecule has 1 unspecified atom stereocenters. The van der Waals surface area contributed by atoms with Crippen LogP contribution in [0, 0.1) is 0 Å². The number of carbonyl (C=O) groups excluding carboxylic acids is 1. The average molecular weight is 547 g/mol. The number of benzene rings is 4. The average Bonchev–Trinajstić information content (AvgIpc) is 2.94. The first-order valence-electron chi connectivity index (χ1n) is 12.4. The summed E-state index contributed by atoms with van der Waals surface area (Å²) in [5.41, 5.74) is 1.99. The van der Waals surface area contributed by atoms with Crippen molar-refractivity contribution in [3.63, 3.8) is 0 Å². The van der Waals surface area contributed by atoms with Gasteiger partial charge < -0.3 is 10.1 Å². The quantitative estimate of drug-likeness (QED) is 0.146. The van der Waals surface area contributed by atoms with Crippen LogP contribution < -0.4 is 14.8 Å². The Labute approximate surface area is 228 Å². The first-order chi connectivity index (χ1) is 18.4. The van der Waals surface area contributed by atoms with Crippen LogP contribution in [-0.2, 0) is 14.8 Å². The number of rotatable bonds is 12. The molecule has 0 aliphatic rings. The van der Waals surface area contributed by atoms with E-state index in [9.17, 15) is 13.2 Å². The molecule has 196 valence electrons. The minimum Gasteiger partial charge on any atom is -0.494 e. The maximum Gasteiger partial charge on any atom is 0.261 e. The van der Waals surface area contributed by atoms with E-state index in [1.54, 1.807) is 54.6 Å². The van der Waals surface area contributed by atoms with Crippen LogP contribution in [0.25, 0.3) is 0 Å². The third kappa shape index (κ3) is 7.63. The fourth-order valence-corrected chi connectivity index (χ4v) is 5.73. The number of ether oxygens (including phenoxy) is 1. The normalized spacial score (nSPS) is 11.9. The monoisotopic (exact) mass is 546 g/mol. The fourth-order valence-electron chi connectivity index (χ4n) is 3.63. The van der Waals surface area contributed by atoms with Crippen molar-refractivity contribution in [2.75, 3.05) is 16.6 Å². The number of hydrogen-bond donors (Lipinski definition) is 2. The summed E-state index contributed by atoms with van der Waals surface area (Å²) in [5, 5.41) is 2.50. The van der Waals surface area contributed by atoms with Crippen molar-refractivity contribution in [1.29, 1.82) is 0 Å². The maximum absolute atomic E-state index is 13.4. The SMILES string of the molecule is CCCCOc1ccc(NC(=O)C(Sc2ccc(NS(=O)(=O)c3ccccc3)cc2)c2ccccc2)cc1. The summed E-state index contributed by atoms with van der Waals surface area (Å²) in [6.45, 7) is 2.78. The summed E-state index contributed by atoms with van der Waals surface area (Å²) in [5.74, 6) is 0.614. The van der Waals surface area contributed by atoms with Gasteiger partial charge in [0.1, 0.15) is 11.0 Å². The Morgan fingerprint density at radius 3 is 2.05 bits per heavy atom. The van der Waals surface area contributed by atoms with Crippen molar-refractivity contribution in [2.45, 2.75) is 34.8 Å². The summed E-state index contributed by atoms with van der Waals surface area (Å²) >= 11 is 1.40. The van der Waals surface area contributed by atoms with Gasteiger partial charge in [-0.25, -0.2) is 8.42 Å². The van der Waals surface area contributed by atoms with Crippen LogP contribution in [-0.4, -0.2) is 20.9 Å². The van der Waals surface area contributed by atoms with Crippen LogP contribution in [0.5, 0.6) is 5.75 Å². The molecule has 4 aromatic rings. The lowest BCUT2D eigenvalue weighted by Gasteiger charge is -2.18. The van der Waals surface area contributed by atoms with Gasteiger partial charge in [0.15, 0.2) is 0 Å². The lowest BCUT2D eigenvalue weighted by molar-refractivity contribution is -0.115. The van der Waals surface area contributed by atoms with E-state index in [0.29, 0.717) is 18.0 Å². The Balaban J connectivity index is 1.45. The summed E-state index contributed by atoms with van der Waals surface area (Å²) in [6, 6.07) is 32.1. The number of hydrogen-bond acceptors (Lipinski definition) is 5. The topological polar surface area (TPSA) is 84.5 Å².